The van der Waals surface area contributed by atoms with Crippen molar-refractivity contribution in [3.05, 3.63) is 71.6 Å². The van der Waals surface area contributed by atoms with Gasteiger partial charge in [-0.15, -0.1) is 0 Å². The van der Waals surface area contributed by atoms with Crippen LogP contribution in [0.3, 0.4) is 0 Å². The van der Waals surface area contributed by atoms with E-state index >= 15 is 0 Å². The van der Waals surface area contributed by atoms with Crippen LogP contribution in [0, 0.1) is 0 Å². The lowest BCUT2D eigenvalue weighted by atomic mass is 10.1. The van der Waals surface area contributed by atoms with Crippen LogP contribution in [-0.2, 0) is 0 Å². The minimum atomic E-state index is 0.738. The minimum Gasteiger partial charge on any atom is -0.497 e. The summed E-state index contributed by atoms with van der Waals surface area (Å²) >= 11 is 3.49. The van der Waals surface area contributed by atoms with Crippen molar-refractivity contribution in [2.45, 2.75) is 0 Å². The molecule has 0 saturated carbocycles. The van der Waals surface area contributed by atoms with Crippen molar-refractivity contribution in [3.8, 4) is 17.0 Å². The van der Waals surface area contributed by atoms with Crippen LogP contribution < -0.4 is 10.1 Å². The van der Waals surface area contributed by atoms with Crippen LogP contribution in [-0.4, -0.2) is 22.1 Å². The van der Waals surface area contributed by atoms with Gasteiger partial charge >= 0.3 is 0 Å². The first-order valence-corrected chi connectivity index (χ1v) is 8.80. The van der Waals surface area contributed by atoms with Gasteiger partial charge in [0.1, 0.15) is 16.8 Å². The molecule has 4 aromatic rings. The van der Waals surface area contributed by atoms with Gasteiger partial charge in [0.15, 0.2) is 0 Å². The topological polar surface area (TPSA) is 59.9 Å². The van der Waals surface area contributed by atoms with Crippen LogP contribution in [0.2, 0.25) is 0 Å². The first kappa shape index (κ1) is 16.5. The number of benzene rings is 2. The number of aromatic nitrogens is 3. The second-order valence-electron chi connectivity index (χ2n) is 5.67. The Kier molecular flexibility index (Phi) is 4.50. The first-order chi connectivity index (χ1) is 12.7. The monoisotopic (exact) mass is 406 g/mol. The van der Waals surface area contributed by atoms with Gasteiger partial charge in [-0.1, -0.05) is 22.0 Å². The Bertz CT molecular complexity index is 1070. The molecule has 0 spiro atoms. The quantitative estimate of drug-likeness (QED) is 0.504. The molecule has 0 aliphatic carbocycles. The van der Waals surface area contributed by atoms with E-state index in [9.17, 15) is 0 Å². The first-order valence-electron chi connectivity index (χ1n) is 8.01. The van der Waals surface area contributed by atoms with Gasteiger partial charge < -0.3 is 10.1 Å². The molecule has 0 bridgehead atoms. The van der Waals surface area contributed by atoms with Gasteiger partial charge in [-0.25, -0.2) is 4.98 Å². The van der Waals surface area contributed by atoms with Crippen LogP contribution in [0.4, 0.5) is 11.4 Å². The standard InChI is InChI=1S/C20H15BrN4O/c1-26-16-7-5-13(6-8-16)17-12-23-18-10-22-11-19(20(18)25-17)24-15-4-2-3-14(21)9-15/h2-12,24H,1H3. The molecule has 2 heterocycles. The zero-order chi connectivity index (χ0) is 17.9. The predicted molar refractivity (Wildman–Crippen MR) is 107 cm³/mol. The number of pyridine rings is 1. The average molecular weight is 407 g/mol. The van der Waals surface area contributed by atoms with Crippen molar-refractivity contribution in [1.29, 1.82) is 0 Å². The lowest BCUT2D eigenvalue weighted by molar-refractivity contribution is 0.415. The van der Waals surface area contributed by atoms with Crippen molar-refractivity contribution in [2.75, 3.05) is 12.4 Å². The highest BCUT2D eigenvalue weighted by atomic mass is 79.9. The number of nitrogens with one attached hydrogen (secondary N) is 1. The molecule has 2 aromatic heterocycles. The van der Waals surface area contributed by atoms with Crippen molar-refractivity contribution in [3.63, 3.8) is 0 Å². The Morgan fingerprint density at radius 3 is 2.62 bits per heavy atom. The molecule has 128 valence electrons. The minimum absolute atomic E-state index is 0.738. The summed E-state index contributed by atoms with van der Waals surface area (Å²) in [5.41, 5.74) is 5.04. The van der Waals surface area contributed by atoms with E-state index in [0.717, 1.165) is 43.9 Å². The molecular weight excluding hydrogens is 392 g/mol. The molecule has 0 amide bonds. The molecule has 4 rings (SSSR count). The van der Waals surface area contributed by atoms with Crippen molar-refractivity contribution in [2.24, 2.45) is 0 Å². The maximum atomic E-state index is 5.21. The number of hydrogen-bond donors (Lipinski definition) is 1. The number of ether oxygens (including phenoxy) is 1. The fraction of sp³-hybridized carbons (Fsp3) is 0.0500. The Labute approximate surface area is 159 Å². The van der Waals surface area contributed by atoms with Crippen molar-refractivity contribution in [1.82, 2.24) is 15.0 Å². The molecule has 6 heteroatoms. The molecule has 0 aliphatic heterocycles. The molecule has 0 atom stereocenters. The van der Waals surface area contributed by atoms with E-state index in [-0.39, 0.29) is 0 Å². The molecule has 0 saturated heterocycles. The fourth-order valence-electron chi connectivity index (χ4n) is 2.65. The van der Waals surface area contributed by atoms with Gasteiger partial charge in [-0.05, 0) is 42.5 Å². The third kappa shape index (κ3) is 3.36. The second-order valence-corrected chi connectivity index (χ2v) is 6.59. The third-order valence-corrected chi connectivity index (χ3v) is 4.44. The Morgan fingerprint density at radius 2 is 1.85 bits per heavy atom. The molecule has 0 unspecified atom stereocenters. The van der Waals surface area contributed by atoms with Gasteiger partial charge in [0.25, 0.3) is 0 Å². The Balaban J connectivity index is 1.76. The highest BCUT2D eigenvalue weighted by Crippen LogP contribution is 2.27. The lowest BCUT2D eigenvalue weighted by Gasteiger charge is -2.10. The maximum absolute atomic E-state index is 5.21. The van der Waals surface area contributed by atoms with E-state index in [0.29, 0.717) is 0 Å². The van der Waals surface area contributed by atoms with E-state index < -0.39 is 0 Å². The molecule has 2 aromatic carbocycles. The highest BCUT2D eigenvalue weighted by Gasteiger charge is 2.08. The molecule has 1 N–H and O–H groups in total. The third-order valence-electron chi connectivity index (χ3n) is 3.95. The fourth-order valence-corrected chi connectivity index (χ4v) is 3.05. The Hall–Kier alpha value is -2.99. The van der Waals surface area contributed by atoms with E-state index in [1.54, 1.807) is 25.7 Å². The van der Waals surface area contributed by atoms with E-state index in [4.69, 9.17) is 9.72 Å². The number of methoxy groups -OCH3 is 1. The Morgan fingerprint density at radius 1 is 1.00 bits per heavy atom. The van der Waals surface area contributed by atoms with Crippen LogP contribution in [0.1, 0.15) is 0 Å². The lowest BCUT2D eigenvalue weighted by Crippen LogP contribution is -1.97. The van der Waals surface area contributed by atoms with Gasteiger partial charge in [0.2, 0.25) is 0 Å². The number of fused-ring (bicyclic) bond motifs is 1. The summed E-state index contributed by atoms with van der Waals surface area (Å²) in [6.07, 6.45) is 5.23. The van der Waals surface area contributed by atoms with Crippen LogP contribution in [0.15, 0.2) is 71.6 Å². The average Bonchev–Trinajstić information content (AvgIpc) is 2.68. The maximum Gasteiger partial charge on any atom is 0.118 e. The number of anilines is 2. The van der Waals surface area contributed by atoms with Gasteiger partial charge in [-0.2, -0.15) is 0 Å². The summed E-state index contributed by atoms with van der Waals surface area (Å²) in [4.78, 5) is 13.6. The van der Waals surface area contributed by atoms with E-state index in [2.05, 4.69) is 31.2 Å². The highest BCUT2D eigenvalue weighted by molar-refractivity contribution is 9.10. The smallest absolute Gasteiger partial charge is 0.118 e. The van der Waals surface area contributed by atoms with Crippen molar-refractivity contribution < 1.29 is 4.74 Å². The second kappa shape index (κ2) is 7.09. The van der Waals surface area contributed by atoms with Gasteiger partial charge in [0.05, 0.1) is 37.1 Å². The van der Waals surface area contributed by atoms with Gasteiger partial charge in [-0.3, -0.25) is 9.97 Å². The predicted octanol–water partition coefficient (Wildman–Crippen LogP) is 5.21. The van der Waals surface area contributed by atoms with Crippen LogP contribution >= 0.6 is 15.9 Å². The van der Waals surface area contributed by atoms with E-state index in [1.807, 2.05) is 48.5 Å². The summed E-state index contributed by atoms with van der Waals surface area (Å²) in [6, 6.07) is 15.7. The van der Waals surface area contributed by atoms with Crippen molar-refractivity contribution >= 4 is 38.3 Å². The molecule has 0 radical (unpaired) electrons. The molecule has 26 heavy (non-hydrogen) atoms. The SMILES string of the molecule is COc1ccc(-c2cnc3cncc(Nc4cccc(Br)c4)c3n2)cc1. The number of halogens is 1. The van der Waals surface area contributed by atoms with Crippen LogP contribution in [0.25, 0.3) is 22.3 Å². The number of rotatable bonds is 4. The molecule has 5 nitrogen and oxygen atoms in total. The van der Waals surface area contributed by atoms with E-state index in [1.165, 1.54) is 0 Å². The van der Waals surface area contributed by atoms with Crippen LogP contribution in [0.5, 0.6) is 5.75 Å². The van der Waals surface area contributed by atoms with Gasteiger partial charge in [0, 0.05) is 15.7 Å². The largest absolute Gasteiger partial charge is 0.497 e. The summed E-state index contributed by atoms with van der Waals surface area (Å²) in [5, 5.41) is 3.37. The number of nitrogens with zero attached hydrogens (tertiary/aromatic N) is 3. The summed E-state index contributed by atoms with van der Waals surface area (Å²) in [5.74, 6) is 0.809. The zero-order valence-electron chi connectivity index (χ0n) is 14.0. The number of hydrogen-bond acceptors (Lipinski definition) is 5. The summed E-state index contributed by atoms with van der Waals surface area (Å²) in [7, 11) is 1.65. The normalized spacial score (nSPS) is 10.7. The zero-order valence-corrected chi connectivity index (χ0v) is 15.6. The molecule has 0 fully saturated rings. The summed E-state index contributed by atoms with van der Waals surface area (Å²) in [6.45, 7) is 0. The molecular formula is C20H15BrN4O. The summed E-state index contributed by atoms with van der Waals surface area (Å²) < 4.78 is 6.21. The molecule has 0 aliphatic rings.